The maximum absolute atomic E-state index is 9.13. The second kappa shape index (κ2) is 4.84. The molecule has 0 radical (unpaired) electrons. The van der Waals surface area contributed by atoms with E-state index < -0.39 is 0 Å². The Labute approximate surface area is 120 Å². The molecule has 0 unspecified atom stereocenters. The maximum atomic E-state index is 9.13. The SMILES string of the molecule is N#Cc1nnn(-c2ccc(Cl)c(Cl)c2)c1C1CCC1. The van der Waals surface area contributed by atoms with Gasteiger partial charge in [0, 0.05) is 5.92 Å². The lowest BCUT2D eigenvalue weighted by Crippen LogP contribution is -2.15. The van der Waals surface area contributed by atoms with Crippen LogP contribution in [0.4, 0.5) is 0 Å². The Bertz CT molecular complexity index is 668. The average Bonchev–Trinajstić information content (AvgIpc) is 2.74. The van der Waals surface area contributed by atoms with Gasteiger partial charge in [0.1, 0.15) is 6.07 Å². The number of hydrogen-bond donors (Lipinski definition) is 0. The highest BCUT2D eigenvalue weighted by atomic mass is 35.5. The number of hydrogen-bond acceptors (Lipinski definition) is 3. The van der Waals surface area contributed by atoms with Crippen molar-refractivity contribution in [1.82, 2.24) is 15.0 Å². The van der Waals surface area contributed by atoms with Crippen molar-refractivity contribution in [3.8, 4) is 11.8 Å². The number of benzene rings is 1. The fourth-order valence-corrected chi connectivity index (χ4v) is 2.52. The maximum Gasteiger partial charge on any atom is 0.186 e. The monoisotopic (exact) mass is 292 g/mol. The van der Waals surface area contributed by atoms with E-state index >= 15 is 0 Å². The summed E-state index contributed by atoms with van der Waals surface area (Å²) >= 11 is 11.9. The summed E-state index contributed by atoms with van der Waals surface area (Å²) in [5.41, 5.74) is 2.06. The molecule has 0 atom stereocenters. The van der Waals surface area contributed by atoms with Gasteiger partial charge in [0.25, 0.3) is 0 Å². The molecule has 0 N–H and O–H groups in total. The molecule has 0 amide bonds. The molecule has 1 fully saturated rings. The molecule has 0 bridgehead atoms. The Morgan fingerprint density at radius 2 is 2.05 bits per heavy atom. The van der Waals surface area contributed by atoms with Crippen molar-refractivity contribution in [1.29, 1.82) is 5.26 Å². The van der Waals surface area contributed by atoms with Crippen molar-refractivity contribution in [3.05, 3.63) is 39.6 Å². The van der Waals surface area contributed by atoms with Crippen LogP contribution in [0.5, 0.6) is 0 Å². The summed E-state index contributed by atoms with van der Waals surface area (Å²) in [5, 5.41) is 18.1. The highest BCUT2D eigenvalue weighted by Gasteiger charge is 2.28. The molecule has 0 saturated heterocycles. The van der Waals surface area contributed by atoms with Crippen LogP contribution in [0, 0.1) is 11.3 Å². The molecule has 19 heavy (non-hydrogen) atoms. The van der Waals surface area contributed by atoms with Crippen LogP contribution in [-0.4, -0.2) is 15.0 Å². The first kappa shape index (κ1) is 12.5. The highest BCUT2D eigenvalue weighted by Crippen LogP contribution is 2.38. The zero-order valence-electron chi connectivity index (χ0n) is 9.98. The van der Waals surface area contributed by atoms with Gasteiger partial charge >= 0.3 is 0 Å². The largest absolute Gasteiger partial charge is 0.216 e. The summed E-state index contributed by atoms with van der Waals surface area (Å²) in [7, 11) is 0. The van der Waals surface area contributed by atoms with Gasteiger partial charge < -0.3 is 0 Å². The highest BCUT2D eigenvalue weighted by molar-refractivity contribution is 6.42. The third kappa shape index (κ3) is 2.09. The van der Waals surface area contributed by atoms with E-state index in [0.29, 0.717) is 21.7 Å². The summed E-state index contributed by atoms with van der Waals surface area (Å²) in [6.07, 6.45) is 3.33. The number of nitrogens with zero attached hydrogens (tertiary/aromatic N) is 4. The van der Waals surface area contributed by atoms with E-state index in [9.17, 15) is 0 Å². The summed E-state index contributed by atoms with van der Waals surface area (Å²) in [6.45, 7) is 0. The number of aromatic nitrogens is 3. The molecule has 2 aromatic rings. The van der Waals surface area contributed by atoms with Gasteiger partial charge in [-0.3, -0.25) is 0 Å². The Hall–Kier alpha value is -1.57. The van der Waals surface area contributed by atoms with Crippen molar-refractivity contribution < 1.29 is 0 Å². The predicted molar refractivity (Wildman–Crippen MR) is 72.7 cm³/mol. The quantitative estimate of drug-likeness (QED) is 0.848. The Morgan fingerprint density at radius 1 is 1.26 bits per heavy atom. The standard InChI is InChI=1S/C13H10Cl2N4/c14-10-5-4-9(6-11(10)15)19-13(8-2-1-3-8)12(7-16)17-18-19/h4-6,8H,1-3H2. The van der Waals surface area contributed by atoms with Gasteiger partial charge in [-0.2, -0.15) is 5.26 Å². The van der Waals surface area contributed by atoms with Crippen molar-refractivity contribution in [2.75, 3.05) is 0 Å². The number of halogens is 2. The minimum atomic E-state index is 0.360. The molecule has 0 aliphatic heterocycles. The van der Waals surface area contributed by atoms with Gasteiger partial charge in [0.15, 0.2) is 5.69 Å². The Morgan fingerprint density at radius 3 is 2.63 bits per heavy atom. The molecule has 4 nitrogen and oxygen atoms in total. The molecule has 3 rings (SSSR count). The molecule has 0 spiro atoms. The molecule has 1 aliphatic rings. The van der Waals surface area contributed by atoms with Crippen LogP contribution in [0.1, 0.15) is 36.6 Å². The minimum Gasteiger partial charge on any atom is -0.216 e. The van der Waals surface area contributed by atoms with Crippen LogP contribution < -0.4 is 0 Å². The molecule has 6 heteroatoms. The topological polar surface area (TPSA) is 54.5 Å². The van der Waals surface area contributed by atoms with Crippen LogP contribution >= 0.6 is 23.2 Å². The molecule has 1 aromatic carbocycles. The first-order valence-electron chi connectivity index (χ1n) is 6.02. The first-order valence-corrected chi connectivity index (χ1v) is 6.77. The van der Waals surface area contributed by atoms with Crippen LogP contribution in [0.15, 0.2) is 18.2 Å². The zero-order chi connectivity index (χ0) is 13.4. The zero-order valence-corrected chi connectivity index (χ0v) is 11.5. The fourth-order valence-electron chi connectivity index (χ4n) is 2.22. The van der Waals surface area contributed by atoms with Gasteiger partial charge in [0.05, 0.1) is 21.4 Å². The van der Waals surface area contributed by atoms with Gasteiger partial charge in [-0.15, -0.1) is 5.10 Å². The van der Waals surface area contributed by atoms with E-state index in [1.54, 1.807) is 16.8 Å². The summed E-state index contributed by atoms with van der Waals surface area (Å²) in [5.74, 6) is 0.360. The lowest BCUT2D eigenvalue weighted by atomic mass is 9.82. The molecule has 1 aromatic heterocycles. The third-order valence-corrected chi connectivity index (χ3v) is 4.19. The summed E-state index contributed by atoms with van der Waals surface area (Å²) < 4.78 is 1.70. The van der Waals surface area contributed by atoms with Crippen molar-refractivity contribution >= 4 is 23.2 Å². The van der Waals surface area contributed by atoms with Gasteiger partial charge in [-0.25, -0.2) is 4.68 Å². The third-order valence-electron chi connectivity index (χ3n) is 3.45. The smallest absolute Gasteiger partial charge is 0.186 e. The normalized spacial score (nSPS) is 15.0. The Balaban J connectivity index is 2.11. The number of rotatable bonds is 2. The van der Waals surface area contributed by atoms with Crippen LogP contribution in [0.3, 0.4) is 0 Å². The minimum absolute atomic E-state index is 0.360. The first-order chi connectivity index (χ1) is 9.20. The molecule has 1 aliphatic carbocycles. The van der Waals surface area contributed by atoms with Crippen molar-refractivity contribution in [2.45, 2.75) is 25.2 Å². The molecule has 96 valence electrons. The molecule has 1 heterocycles. The average molecular weight is 293 g/mol. The second-order valence-corrected chi connectivity index (χ2v) is 5.39. The Kier molecular flexibility index (Phi) is 3.17. The predicted octanol–water partition coefficient (Wildman–Crippen LogP) is 3.71. The molecule has 1 saturated carbocycles. The van der Waals surface area contributed by atoms with Crippen LogP contribution in [0.2, 0.25) is 10.0 Å². The summed E-state index contributed by atoms with van der Waals surface area (Å²) in [6, 6.07) is 7.39. The van der Waals surface area contributed by atoms with Crippen LogP contribution in [-0.2, 0) is 0 Å². The van der Waals surface area contributed by atoms with E-state index in [1.807, 2.05) is 6.07 Å². The van der Waals surface area contributed by atoms with E-state index in [0.717, 1.165) is 24.2 Å². The summed E-state index contributed by atoms with van der Waals surface area (Å²) in [4.78, 5) is 0. The second-order valence-electron chi connectivity index (χ2n) is 4.57. The van der Waals surface area contributed by atoms with Crippen LogP contribution in [0.25, 0.3) is 5.69 Å². The number of nitriles is 1. The van der Waals surface area contributed by atoms with Gasteiger partial charge in [0.2, 0.25) is 0 Å². The van der Waals surface area contributed by atoms with Gasteiger partial charge in [-0.1, -0.05) is 34.8 Å². The van der Waals surface area contributed by atoms with E-state index in [1.165, 1.54) is 6.42 Å². The molecular formula is C13H10Cl2N4. The van der Waals surface area contributed by atoms with E-state index in [2.05, 4.69) is 16.4 Å². The van der Waals surface area contributed by atoms with Gasteiger partial charge in [-0.05, 0) is 31.0 Å². The van der Waals surface area contributed by atoms with Crippen molar-refractivity contribution in [2.24, 2.45) is 0 Å². The fraction of sp³-hybridized carbons (Fsp3) is 0.308. The van der Waals surface area contributed by atoms with Crippen molar-refractivity contribution in [3.63, 3.8) is 0 Å². The lowest BCUT2D eigenvalue weighted by Gasteiger charge is -2.25. The molecular weight excluding hydrogens is 283 g/mol. The van der Waals surface area contributed by atoms with E-state index in [4.69, 9.17) is 28.5 Å². The lowest BCUT2D eigenvalue weighted by molar-refractivity contribution is 0.402. The van der Waals surface area contributed by atoms with E-state index in [-0.39, 0.29) is 0 Å².